The zero-order valence-corrected chi connectivity index (χ0v) is 26.8. The van der Waals surface area contributed by atoms with Gasteiger partial charge in [-0.05, 0) is 64.7 Å². The van der Waals surface area contributed by atoms with Gasteiger partial charge in [0.1, 0.15) is 0 Å². The average molecular weight is 641 g/mol. The van der Waals surface area contributed by atoms with Gasteiger partial charge in [0, 0.05) is 51.6 Å². The molecule has 0 saturated heterocycles. The van der Waals surface area contributed by atoms with Crippen molar-refractivity contribution in [3.63, 3.8) is 0 Å². The first kappa shape index (κ1) is 29.2. The molecule has 0 N–H and O–H groups in total. The normalized spacial score (nSPS) is 11.2. The van der Waals surface area contributed by atoms with Crippen molar-refractivity contribution in [1.29, 1.82) is 0 Å². The van der Waals surface area contributed by atoms with Crippen molar-refractivity contribution >= 4 is 21.8 Å². The van der Waals surface area contributed by atoms with Crippen molar-refractivity contribution in [2.45, 2.75) is 0 Å². The van der Waals surface area contributed by atoms with Crippen LogP contribution in [0.25, 0.3) is 89.5 Å². The van der Waals surface area contributed by atoms with E-state index in [1.165, 1.54) is 0 Å². The van der Waals surface area contributed by atoms with E-state index in [4.69, 9.17) is 19.9 Å². The van der Waals surface area contributed by atoms with Crippen LogP contribution in [0.3, 0.4) is 0 Å². The van der Waals surface area contributed by atoms with Crippen LogP contribution in [0.15, 0.2) is 170 Å². The lowest BCUT2D eigenvalue weighted by Gasteiger charge is -2.13. The molecule has 0 saturated carbocycles. The lowest BCUT2D eigenvalue weighted by atomic mass is 9.97. The lowest BCUT2D eigenvalue weighted by molar-refractivity contribution is 1.07. The molecule has 0 atom stereocenters. The summed E-state index contributed by atoms with van der Waals surface area (Å²) in [6, 6.07) is 51.6. The summed E-state index contributed by atoms with van der Waals surface area (Å²) in [4.78, 5) is 29.2. The highest BCUT2D eigenvalue weighted by molar-refractivity contribution is 6.03. The summed E-state index contributed by atoms with van der Waals surface area (Å²) < 4.78 is 0. The Bertz CT molecular complexity index is 2620. The zero-order valence-electron chi connectivity index (χ0n) is 26.8. The van der Waals surface area contributed by atoms with E-state index in [0.29, 0.717) is 17.5 Å². The maximum absolute atomic E-state index is 5.18. The van der Waals surface area contributed by atoms with Crippen molar-refractivity contribution in [2.75, 3.05) is 0 Å². The molecule has 6 nitrogen and oxygen atoms in total. The van der Waals surface area contributed by atoms with Gasteiger partial charge in [0.25, 0.3) is 0 Å². The van der Waals surface area contributed by atoms with E-state index in [0.717, 1.165) is 72.0 Å². The summed E-state index contributed by atoms with van der Waals surface area (Å²) >= 11 is 0. The third-order valence-electron chi connectivity index (χ3n) is 8.85. The molecule has 234 valence electrons. The van der Waals surface area contributed by atoms with Crippen LogP contribution in [0, 0.1) is 0 Å². The second-order valence-electron chi connectivity index (χ2n) is 12.1. The first-order valence-corrected chi connectivity index (χ1v) is 16.4. The van der Waals surface area contributed by atoms with E-state index in [9.17, 15) is 0 Å². The number of benzene rings is 5. The second kappa shape index (κ2) is 12.6. The third kappa shape index (κ3) is 5.65. The number of rotatable bonds is 6. The van der Waals surface area contributed by atoms with E-state index in [-0.39, 0.29) is 0 Å². The topological polar surface area (TPSA) is 77.3 Å². The summed E-state index contributed by atoms with van der Waals surface area (Å²) in [5, 5.41) is 2.09. The predicted molar refractivity (Wildman–Crippen MR) is 201 cm³/mol. The Morgan fingerprint density at radius 2 is 0.820 bits per heavy atom. The molecule has 0 spiro atoms. The van der Waals surface area contributed by atoms with Crippen LogP contribution in [0.1, 0.15) is 0 Å². The van der Waals surface area contributed by atoms with Gasteiger partial charge in [-0.1, -0.05) is 109 Å². The second-order valence-corrected chi connectivity index (χ2v) is 12.1. The van der Waals surface area contributed by atoms with Crippen molar-refractivity contribution in [3.05, 3.63) is 170 Å². The van der Waals surface area contributed by atoms with Gasteiger partial charge < -0.3 is 0 Å². The van der Waals surface area contributed by atoms with Crippen LogP contribution in [0.4, 0.5) is 0 Å². The fraction of sp³-hybridized carbons (Fsp3) is 0. The highest BCUT2D eigenvalue weighted by atomic mass is 15.0. The van der Waals surface area contributed by atoms with Gasteiger partial charge in [-0.3, -0.25) is 9.97 Å². The van der Waals surface area contributed by atoms with E-state index in [1.54, 1.807) is 12.4 Å². The van der Waals surface area contributed by atoms with Gasteiger partial charge in [-0.15, -0.1) is 0 Å². The van der Waals surface area contributed by atoms with E-state index < -0.39 is 0 Å². The summed E-state index contributed by atoms with van der Waals surface area (Å²) in [6.45, 7) is 0. The van der Waals surface area contributed by atoms with Gasteiger partial charge in [0.15, 0.2) is 17.5 Å². The summed E-state index contributed by atoms with van der Waals surface area (Å²) in [6.07, 6.45) is 5.43. The minimum absolute atomic E-state index is 0.575. The molecule has 0 unspecified atom stereocenters. The quantitative estimate of drug-likeness (QED) is 0.168. The standard InChI is InChI=1S/C44H28N6/c1-3-8-29(9-4-1)30-13-17-35(18-14-30)43-48-42(34-10-5-2-6-11-34)49-44(50-43)38-27-36(31-21-24-45-25-22-31)26-37(28-38)39-20-19-33-16-15-32-12-7-23-46-40(32)41(33)47-39/h1-28H. The van der Waals surface area contributed by atoms with Crippen LogP contribution in [0.2, 0.25) is 0 Å². The molecule has 0 amide bonds. The highest BCUT2D eigenvalue weighted by Gasteiger charge is 2.16. The molecule has 9 aromatic rings. The van der Waals surface area contributed by atoms with Crippen LogP contribution in [0.5, 0.6) is 0 Å². The van der Waals surface area contributed by atoms with E-state index in [1.807, 2.05) is 60.8 Å². The van der Waals surface area contributed by atoms with Crippen LogP contribution >= 0.6 is 0 Å². The molecule has 0 aliphatic carbocycles. The van der Waals surface area contributed by atoms with E-state index in [2.05, 4.69) is 107 Å². The molecule has 0 bridgehead atoms. The summed E-state index contributed by atoms with van der Waals surface area (Å²) in [5.74, 6) is 1.78. The monoisotopic (exact) mass is 640 g/mol. The molecule has 4 heterocycles. The predicted octanol–water partition coefficient (Wildman–Crippen LogP) is 10.4. The molecule has 50 heavy (non-hydrogen) atoms. The lowest BCUT2D eigenvalue weighted by Crippen LogP contribution is -2.01. The number of hydrogen-bond acceptors (Lipinski definition) is 6. The summed E-state index contributed by atoms with van der Waals surface area (Å²) in [5.41, 5.74) is 10.5. The maximum Gasteiger partial charge on any atom is 0.164 e. The smallest absolute Gasteiger partial charge is 0.164 e. The molecule has 0 radical (unpaired) electrons. The van der Waals surface area contributed by atoms with Crippen molar-refractivity contribution in [1.82, 2.24) is 29.9 Å². The number of aromatic nitrogens is 6. The number of pyridine rings is 3. The first-order chi connectivity index (χ1) is 24.7. The first-order valence-electron chi connectivity index (χ1n) is 16.4. The average Bonchev–Trinajstić information content (AvgIpc) is 3.21. The van der Waals surface area contributed by atoms with Crippen LogP contribution in [-0.2, 0) is 0 Å². The van der Waals surface area contributed by atoms with Crippen LogP contribution < -0.4 is 0 Å². The molecule has 5 aromatic carbocycles. The van der Waals surface area contributed by atoms with Crippen molar-refractivity contribution in [3.8, 4) is 67.7 Å². The Labute approximate surface area is 288 Å². The van der Waals surface area contributed by atoms with E-state index >= 15 is 0 Å². The molecular formula is C44H28N6. The molecule has 9 rings (SSSR count). The molecule has 4 aromatic heterocycles. The Balaban J connectivity index is 1.23. The number of fused-ring (bicyclic) bond motifs is 3. The van der Waals surface area contributed by atoms with Crippen molar-refractivity contribution in [2.24, 2.45) is 0 Å². The maximum atomic E-state index is 5.18. The van der Waals surface area contributed by atoms with Gasteiger partial charge in [-0.2, -0.15) is 0 Å². The molecule has 0 aliphatic rings. The third-order valence-corrected chi connectivity index (χ3v) is 8.85. The fourth-order valence-electron chi connectivity index (χ4n) is 6.29. The van der Waals surface area contributed by atoms with Gasteiger partial charge in [-0.25, -0.2) is 19.9 Å². The minimum atomic E-state index is 0.575. The Morgan fingerprint density at radius 3 is 1.54 bits per heavy atom. The van der Waals surface area contributed by atoms with Gasteiger partial charge >= 0.3 is 0 Å². The number of hydrogen-bond donors (Lipinski definition) is 0. The van der Waals surface area contributed by atoms with Crippen molar-refractivity contribution < 1.29 is 0 Å². The molecule has 0 aliphatic heterocycles. The Hall–Kier alpha value is -6.92. The van der Waals surface area contributed by atoms with Gasteiger partial charge in [0.2, 0.25) is 0 Å². The summed E-state index contributed by atoms with van der Waals surface area (Å²) in [7, 11) is 0. The zero-order chi connectivity index (χ0) is 33.3. The fourth-order valence-corrected chi connectivity index (χ4v) is 6.29. The highest BCUT2D eigenvalue weighted by Crippen LogP contribution is 2.34. The molecule has 0 fully saturated rings. The SMILES string of the molecule is c1ccc(-c2ccc(-c3nc(-c4ccccc4)nc(-c4cc(-c5ccncc5)cc(-c5ccc6ccc7cccnc7c6n5)c4)n3)cc2)cc1. The largest absolute Gasteiger partial charge is 0.265 e. The molecular weight excluding hydrogens is 613 g/mol. The Morgan fingerprint density at radius 1 is 0.300 bits per heavy atom. The van der Waals surface area contributed by atoms with Gasteiger partial charge in [0.05, 0.1) is 16.7 Å². The minimum Gasteiger partial charge on any atom is -0.265 e. The Kier molecular flexibility index (Phi) is 7.37. The van der Waals surface area contributed by atoms with Crippen LogP contribution in [-0.4, -0.2) is 29.9 Å². The number of nitrogens with zero attached hydrogens (tertiary/aromatic N) is 6. The molecule has 6 heteroatoms.